The molecule has 0 saturated heterocycles. The van der Waals surface area contributed by atoms with Gasteiger partial charge in [-0.1, -0.05) is 13.0 Å². The highest BCUT2D eigenvalue weighted by atomic mass is 19.3. The number of alkyl halides is 2. The summed E-state index contributed by atoms with van der Waals surface area (Å²) in [4.78, 5) is 3.55. The van der Waals surface area contributed by atoms with Crippen molar-refractivity contribution in [2.75, 3.05) is 0 Å². The van der Waals surface area contributed by atoms with Gasteiger partial charge in [0.1, 0.15) is 0 Å². The SMILES string of the molecule is [C-]#[N+]C1=C(CC)NC(C(F)F)=C(C#N)C1c1ccc2n[nH]c(C)c2c1. The minimum atomic E-state index is -2.81. The maximum absolute atomic E-state index is 13.5. The van der Waals surface area contributed by atoms with Crippen LogP contribution >= 0.6 is 0 Å². The van der Waals surface area contributed by atoms with Crippen LogP contribution in [0.3, 0.4) is 0 Å². The monoisotopic (exact) mass is 339 g/mol. The highest BCUT2D eigenvalue weighted by Crippen LogP contribution is 2.41. The molecule has 0 saturated carbocycles. The highest BCUT2D eigenvalue weighted by Gasteiger charge is 2.35. The Kier molecular flexibility index (Phi) is 4.24. The first-order valence-electron chi connectivity index (χ1n) is 7.76. The van der Waals surface area contributed by atoms with Crippen molar-refractivity contribution in [2.24, 2.45) is 0 Å². The average Bonchev–Trinajstić information content (AvgIpc) is 2.99. The Labute approximate surface area is 143 Å². The summed E-state index contributed by atoms with van der Waals surface area (Å²) in [6.45, 7) is 11.2. The smallest absolute Gasteiger partial charge is 0.279 e. The van der Waals surface area contributed by atoms with Crippen molar-refractivity contribution >= 4 is 10.9 Å². The molecule has 5 nitrogen and oxygen atoms in total. The van der Waals surface area contributed by atoms with E-state index in [1.165, 1.54) is 0 Å². The van der Waals surface area contributed by atoms with Crippen molar-refractivity contribution in [3.05, 3.63) is 63.5 Å². The van der Waals surface area contributed by atoms with Gasteiger partial charge in [-0.3, -0.25) is 5.10 Å². The predicted molar refractivity (Wildman–Crippen MR) is 89.3 cm³/mol. The van der Waals surface area contributed by atoms with Crippen molar-refractivity contribution in [1.29, 1.82) is 5.26 Å². The van der Waals surface area contributed by atoms with Crippen LogP contribution in [0.4, 0.5) is 8.78 Å². The molecule has 0 amide bonds. The van der Waals surface area contributed by atoms with Crippen molar-refractivity contribution < 1.29 is 8.78 Å². The zero-order chi connectivity index (χ0) is 18.1. The number of nitrogens with one attached hydrogen (secondary N) is 2. The Bertz CT molecular complexity index is 985. The standard InChI is InChI=1S/C18H15F2N5/c1-4-13-17(22-3)15(12(8-21)16(23-13)18(19)20)10-5-6-14-11(7-10)9(2)24-25-14/h5-7,15,18,23H,4H2,1-2H3,(H,24,25). The number of halogens is 2. The van der Waals surface area contributed by atoms with E-state index >= 15 is 0 Å². The highest BCUT2D eigenvalue weighted by molar-refractivity contribution is 5.82. The number of nitrogens with zero attached hydrogens (tertiary/aromatic N) is 3. The third kappa shape index (κ3) is 2.64. The first-order chi connectivity index (χ1) is 12.0. The predicted octanol–water partition coefficient (Wildman–Crippen LogP) is 4.14. The first-order valence-corrected chi connectivity index (χ1v) is 7.76. The van der Waals surface area contributed by atoms with Crippen molar-refractivity contribution in [2.45, 2.75) is 32.6 Å². The number of hydrogen-bond donors (Lipinski definition) is 2. The minimum Gasteiger partial charge on any atom is -0.367 e. The number of benzene rings is 1. The molecule has 7 heteroatoms. The van der Waals surface area contributed by atoms with Gasteiger partial charge in [-0.05, 0) is 31.0 Å². The summed E-state index contributed by atoms with van der Waals surface area (Å²) in [6, 6.07) is 7.19. The van der Waals surface area contributed by atoms with Crippen LogP contribution < -0.4 is 5.32 Å². The molecule has 2 aromatic rings. The van der Waals surface area contributed by atoms with Crippen LogP contribution in [0.1, 0.15) is 30.5 Å². The van der Waals surface area contributed by atoms with Crippen LogP contribution in [0.15, 0.2) is 40.9 Å². The average molecular weight is 339 g/mol. The molecular formula is C18H15F2N5. The molecule has 25 heavy (non-hydrogen) atoms. The number of allylic oxidation sites excluding steroid dienone is 3. The second-order valence-electron chi connectivity index (χ2n) is 5.75. The summed E-state index contributed by atoms with van der Waals surface area (Å²) in [6.07, 6.45) is -2.42. The number of aryl methyl sites for hydroxylation is 1. The molecule has 126 valence electrons. The summed E-state index contributed by atoms with van der Waals surface area (Å²) >= 11 is 0. The molecular weight excluding hydrogens is 324 g/mol. The van der Waals surface area contributed by atoms with E-state index in [2.05, 4.69) is 20.4 Å². The van der Waals surface area contributed by atoms with E-state index < -0.39 is 18.0 Å². The Morgan fingerprint density at radius 3 is 2.80 bits per heavy atom. The van der Waals surface area contributed by atoms with Crippen LogP contribution in [0.25, 0.3) is 15.7 Å². The molecule has 1 aliphatic heterocycles. The summed E-state index contributed by atoms with van der Waals surface area (Å²) in [5.74, 6) is -0.804. The maximum Gasteiger partial charge on any atom is 0.279 e. The number of aromatic nitrogens is 2. The number of rotatable bonds is 3. The van der Waals surface area contributed by atoms with E-state index in [9.17, 15) is 14.0 Å². The third-order valence-electron chi connectivity index (χ3n) is 4.36. The molecule has 0 fully saturated rings. The second-order valence-corrected chi connectivity index (χ2v) is 5.75. The normalized spacial score (nSPS) is 17.6. The molecule has 0 spiro atoms. The topological polar surface area (TPSA) is 68.9 Å². The number of hydrogen-bond acceptors (Lipinski definition) is 3. The second kappa shape index (κ2) is 6.37. The van der Waals surface area contributed by atoms with E-state index in [-0.39, 0.29) is 11.3 Å². The zero-order valence-corrected chi connectivity index (χ0v) is 13.7. The van der Waals surface area contributed by atoms with E-state index in [1.54, 1.807) is 19.1 Å². The van der Waals surface area contributed by atoms with Gasteiger partial charge in [0.15, 0.2) is 5.70 Å². The van der Waals surface area contributed by atoms with Gasteiger partial charge in [-0.2, -0.15) is 10.4 Å². The molecule has 0 aliphatic carbocycles. The Hall–Kier alpha value is -3.19. The molecule has 0 bridgehead atoms. The van der Waals surface area contributed by atoms with Crippen molar-refractivity contribution in [3.8, 4) is 6.07 Å². The van der Waals surface area contributed by atoms with Gasteiger partial charge in [-0.25, -0.2) is 13.6 Å². The largest absolute Gasteiger partial charge is 0.367 e. The van der Waals surface area contributed by atoms with Crippen LogP contribution in [0.2, 0.25) is 0 Å². The van der Waals surface area contributed by atoms with Crippen molar-refractivity contribution in [1.82, 2.24) is 15.5 Å². The molecule has 1 aromatic heterocycles. The summed E-state index contributed by atoms with van der Waals surface area (Å²) in [7, 11) is 0. The van der Waals surface area contributed by atoms with Crippen LogP contribution in [-0.2, 0) is 0 Å². The van der Waals surface area contributed by atoms with Gasteiger partial charge in [0.05, 0.1) is 35.3 Å². The fourth-order valence-corrected chi connectivity index (χ4v) is 3.12. The van der Waals surface area contributed by atoms with E-state index in [1.807, 2.05) is 19.1 Å². The number of aromatic amines is 1. The van der Waals surface area contributed by atoms with Crippen LogP contribution in [-0.4, -0.2) is 16.6 Å². The summed E-state index contributed by atoms with van der Waals surface area (Å²) < 4.78 is 26.9. The minimum absolute atomic E-state index is 0.112. The van der Waals surface area contributed by atoms with E-state index in [0.717, 1.165) is 16.6 Å². The molecule has 1 aliphatic rings. The van der Waals surface area contributed by atoms with E-state index in [0.29, 0.717) is 17.7 Å². The molecule has 2 N–H and O–H groups in total. The number of fused-ring (bicyclic) bond motifs is 1. The molecule has 1 atom stereocenters. The molecule has 0 radical (unpaired) electrons. The van der Waals surface area contributed by atoms with Gasteiger partial charge < -0.3 is 5.32 Å². The molecule has 1 aromatic carbocycles. The first kappa shape index (κ1) is 16.7. The third-order valence-corrected chi connectivity index (χ3v) is 4.36. The summed E-state index contributed by atoms with van der Waals surface area (Å²) in [5, 5.41) is 20.0. The molecule has 2 heterocycles. The lowest BCUT2D eigenvalue weighted by molar-refractivity contribution is 0.179. The Balaban J connectivity index is 2.27. The lowest BCUT2D eigenvalue weighted by Crippen LogP contribution is -2.29. The van der Waals surface area contributed by atoms with Crippen LogP contribution in [0, 0.1) is 24.8 Å². The fourth-order valence-electron chi connectivity index (χ4n) is 3.12. The summed E-state index contributed by atoms with van der Waals surface area (Å²) in [5.41, 5.74) is 2.40. The van der Waals surface area contributed by atoms with Gasteiger partial charge in [-0.15, -0.1) is 0 Å². The Morgan fingerprint density at radius 2 is 2.20 bits per heavy atom. The number of H-pyrrole nitrogens is 1. The molecule has 1 unspecified atom stereocenters. The lowest BCUT2D eigenvalue weighted by atomic mass is 9.83. The van der Waals surface area contributed by atoms with Gasteiger partial charge in [0.2, 0.25) is 0 Å². The quantitative estimate of drug-likeness (QED) is 0.826. The Morgan fingerprint density at radius 1 is 1.44 bits per heavy atom. The van der Waals surface area contributed by atoms with E-state index in [4.69, 9.17) is 6.57 Å². The number of nitriles is 1. The van der Waals surface area contributed by atoms with Gasteiger partial charge in [0, 0.05) is 16.8 Å². The van der Waals surface area contributed by atoms with Crippen LogP contribution in [0.5, 0.6) is 0 Å². The van der Waals surface area contributed by atoms with Gasteiger partial charge in [0.25, 0.3) is 6.43 Å². The fraction of sp³-hybridized carbons (Fsp3) is 0.278. The lowest BCUT2D eigenvalue weighted by Gasteiger charge is -2.28. The molecule has 3 rings (SSSR count). The zero-order valence-electron chi connectivity index (χ0n) is 13.7. The maximum atomic E-state index is 13.5. The van der Waals surface area contributed by atoms with Crippen molar-refractivity contribution in [3.63, 3.8) is 0 Å². The van der Waals surface area contributed by atoms with Gasteiger partial charge >= 0.3 is 0 Å². The number of dihydropyridines is 1.